The van der Waals surface area contributed by atoms with Crippen LogP contribution in [0.25, 0.3) is 0 Å². The highest BCUT2D eigenvalue weighted by molar-refractivity contribution is 5.94. The van der Waals surface area contributed by atoms with Crippen LogP contribution >= 0.6 is 12.4 Å². The molecule has 0 aromatic heterocycles. The Labute approximate surface area is 119 Å². The van der Waals surface area contributed by atoms with Crippen molar-refractivity contribution < 1.29 is 22.4 Å². The molecule has 0 saturated carbocycles. The molecule has 1 aliphatic heterocycles. The minimum absolute atomic E-state index is 0. The lowest BCUT2D eigenvalue weighted by atomic mass is 10.0. The first-order chi connectivity index (χ1) is 8.88. The third-order valence-corrected chi connectivity index (χ3v) is 2.95. The lowest BCUT2D eigenvalue weighted by Gasteiger charge is -2.27. The van der Waals surface area contributed by atoms with Gasteiger partial charge in [0.1, 0.15) is 5.82 Å². The van der Waals surface area contributed by atoms with Gasteiger partial charge in [-0.05, 0) is 18.2 Å². The van der Waals surface area contributed by atoms with Crippen molar-refractivity contribution in [3.8, 4) is 0 Å². The third kappa shape index (κ3) is 3.83. The van der Waals surface area contributed by atoms with E-state index in [0.717, 1.165) is 19.2 Å². The molecule has 0 unspecified atom stereocenters. The summed E-state index contributed by atoms with van der Waals surface area (Å²) in [6.45, 7) is 1.94. The molecule has 1 aromatic carbocycles. The van der Waals surface area contributed by atoms with Crippen LogP contribution < -0.4 is 10.6 Å². The first kappa shape index (κ1) is 16.7. The average molecular weight is 313 g/mol. The number of hydrogen-bond donors (Lipinski definition) is 2. The van der Waals surface area contributed by atoms with Crippen molar-refractivity contribution in [2.24, 2.45) is 5.92 Å². The fourth-order valence-corrected chi connectivity index (χ4v) is 1.72. The second kappa shape index (κ2) is 6.41. The number of carbonyl (C=O) groups excluding carboxylic acids is 1. The van der Waals surface area contributed by atoms with E-state index in [4.69, 9.17) is 0 Å². The SMILES string of the molecule is Cl.O=C(NCC1CNC1)c1ccc(F)c(C(F)(F)F)c1. The highest BCUT2D eigenvalue weighted by atomic mass is 35.5. The van der Waals surface area contributed by atoms with E-state index in [1.54, 1.807) is 0 Å². The number of carbonyl (C=O) groups is 1. The largest absolute Gasteiger partial charge is 0.419 e. The summed E-state index contributed by atoms with van der Waals surface area (Å²) in [6.07, 6.45) is -4.81. The number of benzene rings is 1. The molecule has 1 fully saturated rings. The topological polar surface area (TPSA) is 41.1 Å². The van der Waals surface area contributed by atoms with E-state index < -0.39 is 23.5 Å². The Morgan fingerprint density at radius 3 is 2.50 bits per heavy atom. The van der Waals surface area contributed by atoms with E-state index in [0.29, 0.717) is 24.6 Å². The number of rotatable bonds is 3. The van der Waals surface area contributed by atoms with Crippen molar-refractivity contribution in [1.82, 2.24) is 10.6 Å². The molecule has 0 atom stereocenters. The molecule has 0 spiro atoms. The molecule has 2 rings (SSSR count). The third-order valence-electron chi connectivity index (χ3n) is 2.95. The summed E-state index contributed by atoms with van der Waals surface area (Å²) in [5.41, 5.74) is -1.62. The van der Waals surface area contributed by atoms with E-state index >= 15 is 0 Å². The molecule has 1 aromatic rings. The zero-order valence-corrected chi connectivity index (χ0v) is 11.1. The van der Waals surface area contributed by atoms with E-state index in [2.05, 4.69) is 10.6 Å². The molecule has 0 bridgehead atoms. The summed E-state index contributed by atoms with van der Waals surface area (Å²) in [4.78, 5) is 11.7. The van der Waals surface area contributed by atoms with Crippen molar-refractivity contribution in [2.75, 3.05) is 19.6 Å². The standard InChI is InChI=1S/C12H12F4N2O.ClH/c13-10-2-1-8(3-9(10)12(14,15)16)11(19)18-6-7-4-17-5-7;/h1-3,7,17H,4-6H2,(H,18,19);1H. The second-order valence-electron chi connectivity index (χ2n) is 4.43. The van der Waals surface area contributed by atoms with Crippen LogP contribution in [0.4, 0.5) is 17.6 Å². The summed E-state index contributed by atoms with van der Waals surface area (Å²) in [6, 6.07) is 2.23. The monoisotopic (exact) mass is 312 g/mol. The van der Waals surface area contributed by atoms with E-state index in [-0.39, 0.29) is 18.0 Å². The Hall–Kier alpha value is -1.34. The van der Waals surface area contributed by atoms with Crippen molar-refractivity contribution in [2.45, 2.75) is 6.18 Å². The molecule has 2 N–H and O–H groups in total. The van der Waals surface area contributed by atoms with Crippen LogP contribution in [0.3, 0.4) is 0 Å². The second-order valence-corrected chi connectivity index (χ2v) is 4.43. The molecule has 1 saturated heterocycles. The van der Waals surface area contributed by atoms with Gasteiger partial charge in [-0.2, -0.15) is 13.2 Å². The zero-order valence-electron chi connectivity index (χ0n) is 10.3. The number of amides is 1. The van der Waals surface area contributed by atoms with E-state index in [9.17, 15) is 22.4 Å². The van der Waals surface area contributed by atoms with E-state index in [1.165, 1.54) is 0 Å². The first-order valence-corrected chi connectivity index (χ1v) is 5.73. The smallest absolute Gasteiger partial charge is 0.352 e. The number of halogens is 5. The lowest BCUT2D eigenvalue weighted by molar-refractivity contribution is -0.140. The maximum atomic E-state index is 13.0. The maximum absolute atomic E-state index is 13.0. The molecule has 1 heterocycles. The van der Waals surface area contributed by atoms with Crippen LogP contribution in [0.1, 0.15) is 15.9 Å². The molecule has 20 heavy (non-hydrogen) atoms. The summed E-state index contributed by atoms with van der Waals surface area (Å²) < 4.78 is 50.5. The van der Waals surface area contributed by atoms with Gasteiger partial charge in [0.25, 0.3) is 5.91 Å². The fraction of sp³-hybridized carbons (Fsp3) is 0.417. The minimum atomic E-state index is -4.81. The van der Waals surface area contributed by atoms with Crippen LogP contribution in [0.15, 0.2) is 18.2 Å². The molecular weight excluding hydrogens is 300 g/mol. The number of nitrogens with one attached hydrogen (secondary N) is 2. The predicted molar refractivity (Wildman–Crippen MR) is 67.3 cm³/mol. The minimum Gasteiger partial charge on any atom is -0.352 e. The van der Waals surface area contributed by atoms with Gasteiger partial charge in [-0.25, -0.2) is 4.39 Å². The van der Waals surface area contributed by atoms with Crippen molar-refractivity contribution in [3.63, 3.8) is 0 Å². The molecule has 1 aliphatic rings. The summed E-state index contributed by atoms with van der Waals surface area (Å²) in [5.74, 6) is -1.71. The van der Waals surface area contributed by atoms with Crippen molar-refractivity contribution in [3.05, 3.63) is 35.1 Å². The van der Waals surface area contributed by atoms with Gasteiger partial charge in [0, 0.05) is 31.1 Å². The normalized spacial score (nSPS) is 15.2. The Bertz CT molecular complexity index is 489. The van der Waals surface area contributed by atoms with Gasteiger partial charge in [-0.3, -0.25) is 4.79 Å². The Morgan fingerprint density at radius 2 is 2.00 bits per heavy atom. The van der Waals surface area contributed by atoms with Crippen LogP contribution in [0.5, 0.6) is 0 Å². The molecule has 8 heteroatoms. The molecular formula is C12H13ClF4N2O. The van der Waals surface area contributed by atoms with Crippen molar-refractivity contribution in [1.29, 1.82) is 0 Å². The Balaban J connectivity index is 0.00000200. The predicted octanol–water partition coefficient (Wildman–Crippen LogP) is 2.22. The lowest BCUT2D eigenvalue weighted by Crippen LogP contribution is -2.48. The fourth-order valence-electron chi connectivity index (χ4n) is 1.72. The Kier molecular flexibility index (Phi) is 5.35. The molecule has 112 valence electrons. The zero-order chi connectivity index (χ0) is 14.0. The van der Waals surface area contributed by atoms with Crippen molar-refractivity contribution >= 4 is 18.3 Å². The molecule has 0 aliphatic carbocycles. The van der Waals surface area contributed by atoms with Crippen LogP contribution in [0, 0.1) is 11.7 Å². The Morgan fingerprint density at radius 1 is 1.35 bits per heavy atom. The molecule has 1 amide bonds. The highest BCUT2D eigenvalue weighted by Crippen LogP contribution is 2.31. The first-order valence-electron chi connectivity index (χ1n) is 5.73. The van der Waals surface area contributed by atoms with Gasteiger partial charge < -0.3 is 10.6 Å². The van der Waals surface area contributed by atoms with E-state index in [1.807, 2.05) is 0 Å². The van der Waals surface area contributed by atoms with Crippen LogP contribution in [0.2, 0.25) is 0 Å². The summed E-state index contributed by atoms with van der Waals surface area (Å²) in [7, 11) is 0. The summed E-state index contributed by atoms with van der Waals surface area (Å²) >= 11 is 0. The maximum Gasteiger partial charge on any atom is 0.419 e. The van der Waals surface area contributed by atoms with Crippen LogP contribution in [-0.2, 0) is 6.18 Å². The van der Waals surface area contributed by atoms with Gasteiger partial charge in [-0.1, -0.05) is 0 Å². The van der Waals surface area contributed by atoms with Gasteiger partial charge in [0.2, 0.25) is 0 Å². The van der Waals surface area contributed by atoms with Gasteiger partial charge in [0.05, 0.1) is 5.56 Å². The van der Waals surface area contributed by atoms with Gasteiger partial charge in [0.15, 0.2) is 0 Å². The quantitative estimate of drug-likeness (QED) is 0.840. The highest BCUT2D eigenvalue weighted by Gasteiger charge is 2.34. The number of alkyl halides is 3. The molecule has 0 radical (unpaired) electrons. The molecule has 3 nitrogen and oxygen atoms in total. The van der Waals surface area contributed by atoms with Gasteiger partial charge in [-0.15, -0.1) is 12.4 Å². The average Bonchev–Trinajstić information content (AvgIpc) is 2.25. The summed E-state index contributed by atoms with van der Waals surface area (Å²) in [5, 5.41) is 5.54. The van der Waals surface area contributed by atoms with Crippen LogP contribution in [-0.4, -0.2) is 25.5 Å². The van der Waals surface area contributed by atoms with Gasteiger partial charge >= 0.3 is 6.18 Å². The number of hydrogen-bond acceptors (Lipinski definition) is 2.